The molecule has 32 nitrogen and oxygen atoms in total. The molecule has 0 spiro atoms. The molecule has 130 heavy (non-hydrogen) atoms. The normalized spacial score (nSPS) is 16.0. The van der Waals surface area contributed by atoms with Gasteiger partial charge in [-0.15, -0.1) is 10.2 Å². The summed E-state index contributed by atoms with van der Waals surface area (Å²) in [6, 6.07) is 49.3. The highest BCUT2D eigenvalue weighted by Crippen LogP contribution is 2.38. The SMILES string of the molecule is CCC(=O)NNC(=O)CN1Cc2ccccc2N(C(=O)c2ccc(N3CCCC3)cc2Cl)CC1=O.CCc1nnc(CN2Cc3ccccc3N(C(=O)c3ccc(N4CCCC4)cc3Cl)CC2=O)o1.CN(C)C(=O)CN1Cc2ccccc2N(C(=O)c2ccc(N3CCCC3)cc2Cl)CC1=O.O=C(O)CN1Cc2ccccc2N(C(=O)c2ccc(N3CCCC3)nc2)CC1=O. The second kappa shape index (κ2) is 42.6. The number of pyridine rings is 1. The number of para-hydroxylation sites is 4. The number of hydrogen-bond acceptors (Lipinski definition) is 20. The van der Waals surface area contributed by atoms with Crippen molar-refractivity contribution < 1.29 is 67.1 Å². The Morgan fingerprint density at radius 2 is 0.746 bits per heavy atom. The number of aryl methyl sites for hydroxylation is 1. The fourth-order valence-electron chi connectivity index (χ4n) is 16.7. The smallest absolute Gasteiger partial charge is 0.323 e. The van der Waals surface area contributed by atoms with Crippen molar-refractivity contribution in [2.45, 2.75) is 111 Å². The number of aromatic nitrogens is 3. The molecule has 0 saturated carbocycles. The summed E-state index contributed by atoms with van der Waals surface area (Å²) in [5.41, 5.74) is 14.7. The fraction of sp³-hybridized carbons (Fsp3) is 0.358. The Morgan fingerprint density at radius 3 is 1.10 bits per heavy atom. The van der Waals surface area contributed by atoms with Gasteiger partial charge in [0, 0.05) is 151 Å². The van der Waals surface area contributed by atoms with E-state index in [-0.39, 0.29) is 119 Å². The van der Waals surface area contributed by atoms with Crippen LogP contribution in [0.15, 0.2) is 174 Å². The number of hydrazine groups is 1. The zero-order valence-electron chi connectivity index (χ0n) is 72.9. The van der Waals surface area contributed by atoms with Gasteiger partial charge in [0.05, 0.1) is 43.9 Å². The zero-order chi connectivity index (χ0) is 91.8. The standard InChI is InChI=1S/C25H28ClN5O4.C25H26ClN5O3.C24H27ClN4O3.C21H22N4O4/c1-2-22(32)27-28-23(33)15-30-14-17-7-3-4-8-21(17)31(16-24(30)34)25(35)19-10-9-18(13-20(19)26)29-11-5-6-12-29;1-2-22-27-28-23(34-22)15-30-14-17-7-3-4-8-21(17)31(16-24(30)32)25(33)19-10-9-18(13-20(19)26)29-11-5-6-12-29;1-26(2)22(30)15-28-14-17-7-3-4-8-21(17)29(16-23(28)31)24(32)19-10-9-18(13-20(19)25)27-11-5-6-12-27;26-19-13-25(17-6-2-1-5-16(17)12-24(19)14-20(27)28)21(29)15-7-8-18(22-11-15)23-9-3-4-10-23/h3-4,7-10,13H,2,5-6,11-12,14-16H2,1H3,(H,27,32)(H,28,33);3-4,7-10,13H,2,5-6,11-12,14-16H2,1H3;3-4,7-10,13H,5-6,11-12,14-16H2,1-2H3;1-2,5-8,11H,3-4,9-10,12-14H2,(H,27,28). The molecule has 2 aromatic heterocycles. The number of carboxylic acids is 1. The van der Waals surface area contributed by atoms with Crippen LogP contribution < -0.4 is 50.1 Å². The molecule has 0 atom stereocenters. The Labute approximate surface area is 768 Å². The zero-order valence-corrected chi connectivity index (χ0v) is 75.2. The Hall–Kier alpha value is -13.5. The average molecular weight is 1830 g/mol. The average Bonchev–Trinajstić information content (AvgIpc) is 1.50. The minimum absolute atomic E-state index is 0.0342. The van der Waals surface area contributed by atoms with Gasteiger partial charge in [-0.05, 0) is 165 Å². The van der Waals surface area contributed by atoms with Crippen LogP contribution in [0.5, 0.6) is 0 Å². The molecular formula is C95H103Cl3N18O14. The molecule has 35 heteroatoms. The number of carbonyl (C=O) groups is 12. The van der Waals surface area contributed by atoms with Crippen molar-refractivity contribution in [3.05, 3.63) is 241 Å². The maximum absolute atomic E-state index is 13.6. The van der Waals surface area contributed by atoms with Crippen LogP contribution >= 0.6 is 34.8 Å². The van der Waals surface area contributed by atoms with Crippen LogP contribution in [0.3, 0.4) is 0 Å². The number of anilines is 8. The molecular weight excluding hydrogens is 1720 g/mol. The van der Waals surface area contributed by atoms with E-state index in [0.717, 1.165) is 149 Å². The number of halogens is 3. The molecule has 4 fully saturated rings. The number of amides is 11. The van der Waals surface area contributed by atoms with Crippen molar-refractivity contribution in [3.8, 4) is 0 Å². The molecule has 9 aromatic rings. The first-order chi connectivity index (χ1) is 62.8. The van der Waals surface area contributed by atoms with Crippen molar-refractivity contribution in [2.24, 2.45) is 0 Å². The largest absolute Gasteiger partial charge is 0.480 e. The van der Waals surface area contributed by atoms with Gasteiger partial charge in [0.1, 0.15) is 51.6 Å². The highest BCUT2D eigenvalue weighted by molar-refractivity contribution is 6.36. The van der Waals surface area contributed by atoms with E-state index < -0.39 is 30.2 Å². The second-order valence-electron chi connectivity index (χ2n) is 32.8. The molecule has 0 unspecified atom stereocenters. The second-order valence-corrected chi connectivity index (χ2v) is 34.0. The molecule has 7 aromatic carbocycles. The summed E-state index contributed by atoms with van der Waals surface area (Å²) < 4.78 is 5.61. The van der Waals surface area contributed by atoms with Crippen molar-refractivity contribution in [1.82, 2.24) is 50.5 Å². The lowest BCUT2D eigenvalue weighted by molar-refractivity contribution is -0.144. The van der Waals surface area contributed by atoms with Gasteiger partial charge in [0.25, 0.3) is 29.5 Å². The fourth-order valence-corrected chi connectivity index (χ4v) is 17.5. The Balaban J connectivity index is 0.000000140. The summed E-state index contributed by atoms with van der Waals surface area (Å²) in [5.74, 6) is -3.00. The minimum atomic E-state index is -1.09. The van der Waals surface area contributed by atoms with Crippen LogP contribution in [0.1, 0.15) is 147 Å². The monoisotopic (exact) mass is 1820 g/mol. The number of aliphatic carboxylic acids is 1. The van der Waals surface area contributed by atoms with Crippen LogP contribution in [0.2, 0.25) is 15.1 Å². The molecule has 11 amide bonds. The third-order valence-corrected chi connectivity index (χ3v) is 24.8. The number of likely N-dealkylation sites (N-methyl/N-ethyl adjacent to an activating group) is 1. The van der Waals surface area contributed by atoms with E-state index >= 15 is 0 Å². The number of benzene rings is 7. The molecule has 0 aliphatic carbocycles. The lowest BCUT2D eigenvalue weighted by Gasteiger charge is -2.24. The van der Waals surface area contributed by atoms with Gasteiger partial charge in [-0.2, -0.15) is 0 Å². The molecule has 4 saturated heterocycles. The molecule has 678 valence electrons. The van der Waals surface area contributed by atoms with Gasteiger partial charge in [-0.25, -0.2) is 4.98 Å². The van der Waals surface area contributed by atoms with Gasteiger partial charge in [-0.1, -0.05) is 121 Å². The number of carbonyl (C=O) groups excluding carboxylic acids is 11. The van der Waals surface area contributed by atoms with E-state index in [1.165, 1.54) is 39.2 Å². The van der Waals surface area contributed by atoms with Crippen molar-refractivity contribution >= 4 is 151 Å². The number of hydrogen-bond donors (Lipinski definition) is 3. The Morgan fingerprint density at radius 1 is 0.400 bits per heavy atom. The first kappa shape index (κ1) is 92.7. The van der Waals surface area contributed by atoms with E-state index in [0.29, 0.717) is 84.8 Å². The number of nitrogens with zero attached hydrogens (tertiary/aromatic N) is 16. The number of rotatable bonds is 18. The van der Waals surface area contributed by atoms with Gasteiger partial charge in [0.15, 0.2) is 0 Å². The Bertz CT molecular complexity index is 5740. The summed E-state index contributed by atoms with van der Waals surface area (Å²) in [7, 11) is 3.31. The maximum atomic E-state index is 13.6. The van der Waals surface area contributed by atoms with E-state index in [4.69, 9.17) is 44.3 Å². The Kier molecular flexibility index (Phi) is 30.4. The summed E-state index contributed by atoms with van der Waals surface area (Å²) in [6.45, 7) is 11.1. The van der Waals surface area contributed by atoms with Gasteiger partial charge in [0.2, 0.25) is 47.2 Å². The quantitative estimate of drug-likeness (QED) is 0.0672. The number of nitrogens with one attached hydrogen (secondary N) is 2. The lowest BCUT2D eigenvalue weighted by atomic mass is 10.1. The predicted molar refractivity (Wildman–Crippen MR) is 494 cm³/mol. The van der Waals surface area contributed by atoms with Crippen LogP contribution in [-0.2, 0) is 77.5 Å². The van der Waals surface area contributed by atoms with Gasteiger partial charge in [-0.3, -0.25) is 88.0 Å². The van der Waals surface area contributed by atoms with Crippen molar-refractivity contribution in [1.29, 1.82) is 0 Å². The highest BCUT2D eigenvalue weighted by atomic mass is 35.5. The maximum Gasteiger partial charge on any atom is 0.323 e. The van der Waals surface area contributed by atoms with Crippen molar-refractivity contribution in [3.63, 3.8) is 0 Å². The van der Waals surface area contributed by atoms with E-state index in [2.05, 4.69) is 45.6 Å². The predicted octanol–water partition coefficient (Wildman–Crippen LogP) is 11.3. The molecule has 0 radical (unpaired) electrons. The first-order valence-corrected chi connectivity index (χ1v) is 44.8. The van der Waals surface area contributed by atoms with E-state index in [1.54, 1.807) is 92.8 Å². The third kappa shape index (κ3) is 22.3. The highest BCUT2D eigenvalue weighted by Gasteiger charge is 2.38. The molecule has 8 aliphatic heterocycles. The first-order valence-electron chi connectivity index (χ1n) is 43.6. The number of fused-ring (bicyclic) bond motifs is 4. The van der Waals surface area contributed by atoms with Crippen molar-refractivity contribution in [2.75, 3.05) is 151 Å². The van der Waals surface area contributed by atoms with Gasteiger partial charge < -0.3 is 53.6 Å². The topological polar surface area (TPSA) is 343 Å². The molecule has 17 rings (SSSR count). The minimum Gasteiger partial charge on any atom is -0.480 e. The molecule has 3 N–H and O–H groups in total. The molecule has 0 bridgehead atoms. The van der Waals surface area contributed by atoms with Crippen LogP contribution in [-0.4, -0.2) is 228 Å². The summed E-state index contributed by atoms with van der Waals surface area (Å²) in [6.07, 6.45) is 11.5. The van der Waals surface area contributed by atoms with E-state index in [1.807, 2.05) is 110 Å². The summed E-state index contributed by atoms with van der Waals surface area (Å²) >= 11 is 19.7. The van der Waals surface area contributed by atoms with Crippen LogP contribution in [0, 0.1) is 0 Å². The molecule has 8 aliphatic rings. The number of carboxylic acid groups (broad SMARTS) is 1. The summed E-state index contributed by atoms with van der Waals surface area (Å²) in [4.78, 5) is 179. The molecule has 10 heterocycles. The van der Waals surface area contributed by atoms with Crippen LogP contribution in [0.25, 0.3) is 0 Å². The van der Waals surface area contributed by atoms with Gasteiger partial charge >= 0.3 is 5.97 Å². The van der Waals surface area contributed by atoms with E-state index in [9.17, 15) is 57.5 Å². The lowest BCUT2D eigenvalue weighted by Crippen LogP contribution is -2.48. The third-order valence-electron chi connectivity index (χ3n) is 23.8. The van der Waals surface area contributed by atoms with Crippen LogP contribution in [0.4, 0.5) is 45.6 Å². The summed E-state index contributed by atoms with van der Waals surface area (Å²) in [5, 5.41) is 18.2.